The second-order valence-electron chi connectivity index (χ2n) is 4.87. The second kappa shape index (κ2) is 7.40. The average Bonchev–Trinajstić information content (AvgIpc) is 2.56. The van der Waals surface area contributed by atoms with Crippen LogP contribution in [0.1, 0.15) is 26.9 Å². The molecule has 0 saturated carbocycles. The van der Waals surface area contributed by atoms with Crippen LogP contribution in [0.3, 0.4) is 0 Å². The van der Waals surface area contributed by atoms with E-state index in [9.17, 15) is 4.79 Å². The van der Waals surface area contributed by atoms with Crippen LogP contribution in [0, 0.1) is 0 Å². The molecule has 1 aromatic heterocycles. The molecule has 0 spiro atoms. The third-order valence-corrected chi connectivity index (χ3v) is 6.45. The molecule has 1 N–H and O–H groups in total. The van der Waals surface area contributed by atoms with Crippen LogP contribution in [0.5, 0.6) is 0 Å². The van der Waals surface area contributed by atoms with E-state index in [2.05, 4.69) is 22.4 Å². The lowest BCUT2D eigenvalue weighted by molar-refractivity contribution is 0.102. The number of aromatic nitrogens is 1. The first kappa shape index (κ1) is 15.7. The molecule has 0 aliphatic carbocycles. The maximum atomic E-state index is 12.2. The van der Waals surface area contributed by atoms with E-state index in [1.807, 2.05) is 35.7 Å². The Labute approximate surface area is 143 Å². The van der Waals surface area contributed by atoms with Crippen LogP contribution in [0.25, 0.3) is 0 Å². The maximum absolute atomic E-state index is 12.2. The number of halogens is 1. The van der Waals surface area contributed by atoms with Gasteiger partial charge < -0.3 is 5.32 Å². The fraction of sp³-hybridized carbons (Fsp3) is 0.250. The van der Waals surface area contributed by atoms with Crippen molar-refractivity contribution in [2.24, 2.45) is 0 Å². The summed E-state index contributed by atoms with van der Waals surface area (Å²) in [5, 5.41) is 3.24. The molecule has 0 bridgehead atoms. The van der Waals surface area contributed by atoms with Crippen LogP contribution in [0.4, 0.5) is 5.69 Å². The van der Waals surface area contributed by atoms with E-state index in [4.69, 9.17) is 11.6 Å². The van der Waals surface area contributed by atoms with Gasteiger partial charge in [0.15, 0.2) is 0 Å². The summed E-state index contributed by atoms with van der Waals surface area (Å²) in [7, 11) is 0. The Hall–Kier alpha value is -1.17. The number of hydrogen-bond acceptors (Lipinski definition) is 4. The minimum absolute atomic E-state index is 0.176. The number of rotatable bonds is 3. The fourth-order valence-electron chi connectivity index (χ4n) is 2.19. The van der Waals surface area contributed by atoms with Gasteiger partial charge in [0.1, 0.15) is 5.15 Å². The molecular weight excluding hydrogens is 336 g/mol. The maximum Gasteiger partial charge on any atom is 0.255 e. The Kier molecular flexibility index (Phi) is 5.28. The molecule has 1 saturated heterocycles. The van der Waals surface area contributed by atoms with Crippen LogP contribution in [-0.2, 0) is 0 Å². The zero-order valence-corrected chi connectivity index (χ0v) is 14.2. The first-order chi connectivity index (χ1) is 10.7. The minimum atomic E-state index is -0.176. The van der Waals surface area contributed by atoms with Gasteiger partial charge in [-0.2, -0.15) is 0 Å². The van der Waals surface area contributed by atoms with Crippen LogP contribution in [0.2, 0.25) is 5.15 Å². The van der Waals surface area contributed by atoms with Gasteiger partial charge in [-0.1, -0.05) is 23.7 Å². The van der Waals surface area contributed by atoms with Gasteiger partial charge in [0.2, 0.25) is 0 Å². The molecule has 0 atom stereocenters. The molecular formula is C16H15ClN2OS2. The number of hydrogen-bond donors (Lipinski definition) is 1. The zero-order valence-electron chi connectivity index (χ0n) is 11.8. The molecule has 6 heteroatoms. The van der Waals surface area contributed by atoms with Gasteiger partial charge in [-0.15, -0.1) is 23.5 Å². The van der Waals surface area contributed by atoms with Crippen molar-refractivity contribution in [3.63, 3.8) is 0 Å². The summed E-state index contributed by atoms with van der Waals surface area (Å²) in [5.41, 5.74) is 2.56. The van der Waals surface area contributed by atoms with Crippen molar-refractivity contribution in [3.8, 4) is 0 Å². The number of carbonyl (C=O) groups excluding carboxylic acids is 1. The zero-order chi connectivity index (χ0) is 15.4. The number of nitrogens with zero attached hydrogens (tertiary/aromatic N) is 1. The van der Waals surface area contributed by atoms with Gasteiger partial charge in [0.05, 0.1) is 4.58 Å². The van der Waals surface area contributed by atoms with Gasteiger partial charge in [-0.3, -0.25) is 4.79 Å². The molecule has 0 unspecified atom stereocenters. The lowest BCUT2D eigenvalue weighted by Crippen LogP contribution is -2.12. The Balaban J connectivity index is 1.73. The lowest BCUT2D eigenvalue weighted by Gasteiger charge is -2.21. The Bertz CT molecular complexity index is 675. The molecule has 22 heavy (non-hydrogen) atoms. The first-order valence-electron chi connectivity index (χ1n) is 6.98. The number of carbonyl (C=O) groups is 1. The van der Waals surface area contributed by atoms with Crippen molar-refractivity contribution < 1.29 is 4.79 Å². The molecule has 1 aromatic carbocycles. The minimum Gasteiger partial charge on any atom is -0.322 e. The second-order valence-corrected chi connectivity index (χ2v) is 7.99. The summed E-state index contributed by atoms with van der Waals surface area (Å²) in [5.74, 6) is 2.22. The van der Waals surface area contributed by atoms with Crippen molar-refractivity contribution in [2.45, 2.75) is 11.0 Å². The predicted molar refractivity (Wildman–Crippen MR) is 95.9 cm³/mol. The third-order valence-electron chi connectivity index (χ3n) is 3.23. The van der Waals surface area contributed by atoms with Crippen molar-refractivity contribution >= 4 is 46.7 Å². The molecule has 3 nitrogen and oxygen atoms in total. The van der Waals surface area contributed by atoms with Gasteiger partial charge in [0, 0.05) is 17.4 Å². The van der Waals surface area contributed by atoms with E-state index in [0.717, 1.165) is 5.69 Å². The molecule has 2 heterocycles. The summed E-state index contributed by atoms with van der Waals surface area (Å²) in [6.07, 6.45) is 2.80. The highest BCUT2D eigenvalue weighted by Crippen LogP contribution is 2.44. The number of nitrogens with one attached hydrogen (secondary N) is 1. The Morgan fingerprint density at radius 3 is 2.82 bits per heavy atom. The summed E-state index contributed by atoms with van der Waals surface area (Å²) >= 11 is 9.76. The smallest absolute Gasteiger partial charge is 0.255 e. The van der Waals surface area contributed by atoms with Crippen LogP contribution < -0.4 is 5.32 Å². The number of thioether (sulfide) groups is 2. The van der Waals surface area contributed by atoms with E-state index in [0.29, 0.717) is 15.3 Å². The van der Waals surface area contributed by atoms with Crippen molar-refractivity contribution in [1.29, 1.82) is 0 Å². The summed E-state index contributed by atoms with van der Waals surface area (Å²) < 4.78 is 0.459. The summed E-state index contributed by atoms with van der Waals surface area (Å²) in [6, 6.07) is 11.3. The van der Waals surface area contributed by atoms with E-state index in [1.54, 1.807) is 12.1 Å². The SMILES string of the molecule is O=C(Nc1cccc(C2SCCCS2)c1)c1ccnc(Cl)c1. The number of benzene rings is 1. The van der Waals surface area contributed by atoms with E-state index >= 15 is 0 Å². The normalized spacial score (nSPS) is 15.5. The number of pyridine rings is 1. The van der Waals surface area contributed by atoms with Crippen molar-refractivity contribution in [1.82, 2.24) is 4.98 Å². The van der Waals surface area contributed by atoms with Crippen LogP contribution in [0.15, 0.2) is 42.6 Å². The van der Waals surface area contributed by atoms with E-state index in [1.165, 1.54) is 29.7 Å². The average molecular weight is 351 g/mol. The van der Waals surface area contributed by atoms with Crippen molar-refractivity contribution in [3.05, 3.63) is 58.9 Å². The molecule has 1 amide bonds. The predicted octanol–water partition coefficient (Wildman–Crippen LogP) is 4.86. The fourth-order valence-corrected chi connectivity index (χ4v) is 5.24. The highest BCUT2D eigenvalue weighted by Gasteiger charge is 2.17. The molecule has 1 aliphatic heterocycles. The van der Waals surface area contributed by atoms with Gasteiger partial charge >= 0.3 is 0 Å². The number of anilines is 1. The molecule has 3 rings (SSSR count). The highest BCUT2D eigenvalue weighted by molar-refractivity contribution is 8.16. The summed E-state index contributed by atoms with van der Waals surface area (Å²) in [4.78, 5) is 16.1. The quantitative estimate of drug-likeness (QED) is 0.803. The van der Waals surface area contributed by atoms with Crippen LogP contribution >= 0.6 is 35.1 Å². The monoisotopic (exact) mass is 350 g/mol. The Morgan fingerprint density at radius 2 is 2.05 bits per heavy atom. The van der Waals surface area contributed by atoms with Gasteiger partial charge in [0.25, 0.3) is 5.91 Å². The Morgan fingerprint density at radius 1 is 1.23 bits per heavy atom. The number of amides is 1. The van der Waals surface area contributed by atoms with E-state index in [-0.39, 0.29) is 5.91 Å². The molecule has 114 valence electrons. The third kappa shape index (κ3) is 3.97. The first-order valence-corrected chi connectivity index (χ1v) is 9.46. The molecule has 0 radical (unpaired) electrons. The van der Waals surface area contributed by atoms with Crippen LogP contribution in [-0.4, -0.2) is 22.4 Å². The van der Waals surface area contributed by atoms with Crippen molar-refractivity contribution in [2.75, 3.05) is 16.8 Å². The van der Waals surface area contributed by atoms with Gasteiger partial charge in [-0.05, 0) is 47.8 Å². The molecule has 1 fully saturated rings. The van der Waals surface area contributed by atoms with E-state index < -0.39 is 0 Å². The largest absolute Gasteiger partial charge is 0.322 e. The molecule has 1 aliphatic rings. The standard InChI is InChI=1S/C16H15ClN2OS2/c17-14-10-11(5-6-18-14)15(20)19-13-4-1-3-12(9-13)16-21-7-2-8-22-16/h1,3-6,9-10,16H,2,7-8H2,(H,19,20). The van der Waals surface area contributed by atoms with Gasteiger partial charge in [-0.25, -0.2) is 4.98 Å². The summed E-state index contributed by atoms with van der Waals surface area (Å²) in [6.45, 7) is 0. The highest BCUT2D eigenvalue weighted by atomic mass is 35.5. The molecule has 2 aromatic rings. The lowest BCUT2D eigenvalue weighted by atomic mass is 10.2. The topological polar surface area (TPSA) is 42.0 Å².